The van der Waals surface area contributed by atoms with Gasteiger partial charge >= 0.3 is 0 Å². The quantitative estimate of drug-likeness (QED) is 0.213. The van der Waals surface area contributed by atoms with Crippen LogP contribution in [-0.2, 0) is 4.79 Å². The van der Waals surface area contributed by atoms with Gasteiger partial charge in [-0.1, -0.05) is 58.5 Å². The summed E-state index contributed by atoms with van der Waals surface area (Å²) in [4.78, 5) is 10.8. The minimum Gasteiger partial charge on any atom is -0.396 e. The molecule has 0 amide bonds. The number of carbonyl (C=O) groups is 1. The molecular weight excluding hydrogens is 479 g/mol. The molecule has 0 aliphatic heterocycles. The Morgan fingerprint density at radius 1 is 1.34 bits per heavy atom. The van der Waals surface area contributed by atoms with E-state index in [9.17, 15) is 28.3 Å². The maximum Gasteiger partial charge on any atom is 0.288 e. The predicted molar refractivity (Wildman–Crippen MR) is 141 cm³/mol. The van der Waals surface area contributed by atoms with E-state index in [0.717, 1.165) is 6.07 Å². The van der Waals surface area contributed by atoms with Gasteiger partial charge in [-0.15, -0.1) is 0 Å². The Balaban J connectivity index is 0. The number of allylic oxidation sites excluding steroid dienone is 4. The number of rotatable bonds is 7. The number of hydroxylamine groups is 1. The number of hydrogen-bond donors (Lipinski definition) is 4. The Morgan fingerprint density at radius 2 is 1.94 bits per heavy atom. The van der Waals surface area contributed by atoms with E-state index in [1.165, 1.54) is 23.3 Å². The lowest BCUT2D eigenvalue weighted by Crippen LogP contribution is -2.40. The Hall–Kier alpha value is -2.43. The van der Waals surface area contributed by atoms with Crippen LogP contribution in [0.4, 0.5) is 24.5 Å². The molecule has 1 aliphatic carbocycles. The number of alkyl halides is 2. The molecule has 0 aromatic heterocycles. The number of nitrogens with two attached hydrogens (primary N) is 1. The lowest BCUT2D eigenvalue weighted by atomic mass is 9.95. The molecule has 0 spiro atoms. The number of ketones is 1. The van der Waals surface area contributed by atoms with Crippen LogP contribution in [0.15, 0.2) is 41.5 Å². The van der Waals surface area contributed by atoms with Gasteiger partial charge in [0.2, 0.25) is 0 Å². The lowest BCUT2D eigenvalue weighted by molar-refractivity contribution is -0.115. The van der Waals surface area contributed by atoms with Crippen molar-refractivity contribution in [2.24, 2.45) is 11.8 Å². The number of benzene rings is 1. The molecule has 35 heavy (non-hydrogen) atoms. The van der Waals surface area contributed by atoms with E-state index in [2.05, 4.69) is 51.3 Å². The number of halogens is 3. The number of carbonyl (C=O) groups excluding carboxylic acids is 1. The van der Waals surface area contributed by atoms with Crippen LogP contribution in [0.25, 0.3) is 0 Å². The molecule has 1 aromatic carbocycles. The second-order valence-corrected chi connectivity index (χ2v) is 8.68. The van der Waals surface area contributed by atoms with E-state index in [-0.39, 0.29) is 31.7 Å². The first kappa shape index (κ1) is 32.6. The van der Waals surface area contributed by atoms with Crippen molar-refractivity contribution in [2.75, 3.05) is 23.9 Å². The van der Waals surface area contributed by atoms with Gasteiger partial charge in [-0.25, -0.2) is 13.2 Å². The van der Waals surface area contributed by atoms with Gasteiger partial charge in [0.15, 0.2) is 5.78 Å². The van der Waals surface area contributed by atoms with Crippen LogP contribution in [0.5, 0.6) is 0 Å². The topological polar surface area (TPSA) is 98.8 Å². The minimum atomic E-state index is -2.81. The third-order valence-corrected chi connectivity index (χ3v) is 5.15. The zero-order valence-corrected chi connectivity index (χ0v) is 22.0. The molecule has 6 nitrogen and oxygen atoms in total. The predicted octanol–water partition coefficient (Wildman–Crippen LogP) is 5.54. The van der Waals surface area contributed by atoms with E-state index in [0.29, 0.717) is 23.3 Å². The molecule has 0 radical (unpaired) electrons. The average Bonchev–Trinajstić information content (AvgIpc) is 2.91. The lowest BCUT2D eigenvalue weighted by Gasteiger charge is -2.21. The van der Waals surface area contributed by atoms with E-state index in [1.807, 2.05) is 19.9 Å². The SMILES string of the molecule is CC.CC1=CC(C)CC(=O)C=C1C(C)C.Nc1ccc(N(O)C[C@@H](O)CNC(=S)C(F)F)cc1F.[HH]. The van der Waals surface area contributed by atoms with Gasteiger partial charge in [-0.2, -0.15) is 0 Å². The van der Waals surface area contributed by atoms with Crippen molar-refractivity contribution in [3.63, 3.8) is 0 Å². The molecule has 2 atom stereocenters. The van der Waals surface area contributed by atoms with E-state index < -0.39 is 23.3 Å². The van der Waals surface area contributed by atoms with Gasteiger partial charge in [0, 0.05) is 20.5 Å². The van der Waals surface area contributed by atoms with Gasteiger partial charge in [-0.05, 0) is 42.5 Å². The van der Waals surface area contributed by atoms with Crippen LogP contribution in [0.1, 0.15) is 49.4 Å². The Bertz CT molecular complexity index is 899. The highest BCUT2D eigenvalue weighted by Crippen LogP contribution is 2.25. The number of aliphatic hydroxyl groups is 1. The number of nitrogen functional groups attached to an aromatic ring is 1. The molecule has 1 aliphatic rings. The molecule has 0 fully saturated rings. The average molecular weight is 520 g/mol. The molecule has 200 valence electrons. The number of nitrogens with zero attached hydrogens (tertiary/aromatic N) is 1. The summed E-state index contributed by atoms with van der Waals surface area (Å²) < 4.78 is 37.4. The van der Waals surface area contributed by atoms with Crippen molar-refractivity contribution < 1.29 is 29.7 Å². The number of aliphatic hydroxyl groups excluding tert-OH is 1. The number of hydrogen-bond acceptors (Lipinski definition) is 6. The summed E-state index contributed by atoms with van der Waals surface area (Å²) in [6.45, 7) is 11.9. The highest BCUT2D eigenvalue weighted by Gasteiger charge is 2.16. The number of thiocarbonyl (C=S) groups is 1. The molecule has 1 aromatic rings. The van der Waals surface area contributed by atoms with E-state index in [4.69, 9.17) is 5.73 Å². The van der Waals surface area contributed by atoms with Gasteiger partial charge in [-0.3, -0.25) is 15.1 Å². The summed E-state index contributed by atoms with van der Waals surface area (Å²) in [5, 5.41) is 21.9. The van der Waals surface area contributed by atoms with E-state index in [1.54, 1.807) is 0 Å². The second kappa shape index (κ2) is 16.3. The van der Waals surface area contributed by atoms with Crippen LogP contribution >= 0.6 is 12.2 Å². The smallest absolute Gasteiger partial charge is 0.288 e. The molecule has 0 heterocycles. The van der Waals surface area contributed by atoms with Crippen LogP contribution in [-0.4, -0.2) is 46.7 Å². The largest absolute Gasteiger partial charge is 0.396 e. The first-order chi connectivity index (χ1) is 16.3. The summed E-state index contributed by atoms with van der Waals surface area (Å²) >= 11 is 4.32. The molecular formula is C25H40F3N3O3S. The van der Waals surface area contributed by atoms with Crippen molar-refractivity contribution in [3.8, 4) is 0 Å². The Kier molecular flexibility index (Phi) is 15.1. The highest BCUT2D eigenvalue weighted by molar-refractivity contribution is 7.80. The Labute approximate surface area is 213 Å². The maximum atomic E-state index is 13.2. The summed E-state index contributed by atoms with van der Waals surface area (Å²) in [6.07, 6.45) is 0.690. The molecule has 10 heteroatoms. The third-order valence-electron chi connectivity index (χ3n) is 4.83. The minimum absolute atomic E-state index is 0. The summed E-state index contributed by atoms with van der Waals surface area (Å²) in [5.74, 6) is 0.392. The molecule has 5 N–H and O–H groups in total. The summed E-state index contributed by atoms with van der Waals surface area (Å²) in [6, 6.07) is 3.59. The fourth-order valence-electron chi connectivity index (χ4n) is 3.21. The molecule has 0 saturated heterocycles. The van der Waals surface area contributed by atoms with Crippen molar-refractivity contribution >= 4 is 34.4 Å². The highest BCUT2D eigenvalue weighted by atomic mass is 32.1. The van der Waals surface area contributed by atoms with Gasteiger partial charge < -0.3 is 16.2 Å². The monoisotopic (exact) mass is 519 g/mol. The Morgan fingerprint density at radius 3 is 2.46 bits per heavy atom. The van der Waals surface area contributed by atoms with Crippen LogP contribution in [0, 0.1) is 17.7 Å². The van der Waals surface area contributed by atoms with Crippen molar-refractivity contribution in [1.82, 2.24) is 5.32 Å². The standard InChI is InChI=1S/C12H18O.C11H14F3N3O2S.C2H6.H2/c1-8(2)12-7-11(13)6-9(3)5-10(12)4;12-8-3-6(1-2-9(8)15)17(19)5-7(18)4-16-11(20)10(13)14;1-2;/h5,7-9H,6H2,1-4H3;1-3,7,10,18-19H,4-5,15H2,(H,16,20);1-2H3;1H/t;7-;;/m.0../s1. The third kappa shape index (κ3) is 12.2. The van der Waals surface area contributed by atoms with Crippen molar-refractivity contribution in [1.29, 1.82) is 0 Å². The molecule has 0 saturated carbocycles. The van der Waals surface area contributed by atoms with Crippen LogP contribution in [0.2, 0.25) is 0 Å². The maximum absolute atomic E-state index is 13.2. The first-order valence-electron chi connectivity index (χ1n) is 11.5. The number of nitrogens with one attached hydrogen (secondary N) is 1. The summed E-state index contributed by atoms with van der Waals surface area (Å²) in [7, 11) is 0. The van der Waals surface area contributed by atoms with Crippen LogP contribution in [0.3, 0.4) is 0 Å². The zero-order chi connectivity index (χ0) is 27.3. The van der Waals surface area contributed by atoms with Crippen molar-refractivity contribution in [3.05, 3.63) is 47.3 Å². The molecule has 1 unspecified atom stereocenters. The van der Waals surface area contributed by atoms with Crippen LogP contribution < -0.4 is 16.1 Å². The van der Waals surface area contributed by atoms with Crippen molar-refractivity contribution in [2.45, 2.75) is 60.5 Å². The van der Waals surface area contributed by atoms with Gasteiger partial charge in [0.1, 0.15) is 10.8 Å². The number of anilines is 2. The normalized spacial score (nSPS) is 16.1. The van der Waals surface area contributed by atoms with E-state index >= 15 is 0 Å². The fraction of sp³-hybridized carbons (Fsp3) is 0.520. The molecule has 2 rings (SSSR count). The first-order valence-corrected chi connectivity index (χ1v) is 11.9. The van der Waals surface area contributed by atoms with Gasteiger partial charge in [0.25, 0.3) is 6.43 Å². The zero-order valence-electron chi connectivity index (χ0n) is 21.2. The van der Waals surface area contributed by atoms with Gasteiger partial charge in [0.05, 0.1) is 24.0 Å². The summed E-state index contributed by atoms with van der Waals surface area (Å²) in [5.41, 5.74) is 7.75. The fourth-order valence-corrected chi connectivity index (χ4v) is 3.29. The second-order valence-electron chi connectivity index (χ2n) is 8.24. The molecule has 0 bridgehead atoms.